The van der Waals surface area contributed by atoms with Crippen molar-refractivity contribution < 1.29 is 19.4 Å². The molecule has 2 heterocycles. The van der Waals surface area contributed by atoms with Crippen LogP contribution in [0, 0.1) is 11.8 Å². The fraction of sp³-hybridized carbons (Fsp3) is 0.478. The molecule has 160 valence electrons. The van der Waals surface area contributed by atoms with E-state index in [1.165, 1.54) is 0 Å². The summed E-state index contributed by atoms with van der Waals surface area (Å²) >= 11 is 0. The van der Waals surface area contributed by atoms with Crippen molar-refractivity contribution >= 4 is 11.8 Å². The summed E-state index contributed by atoms with van der Waals surface area (Å²) in [5, 5.41) is 12.5. The average molecular weight is 412 g/mol. The van der Waals surface area contributed by atoms with Crippen LogP contribution in [0.3, 0.4) is 0 Å². The van der Waals surface area contributed by atoms with E-state index in [9.17, 15) is 4.79 Å². The predicted octanol–water partition coefficient (Wildman–Crippen LogP) is 2.88. The van der Waals surface area contributed by atoms with Crippen LogP contribution < -0.4 is 10.1 Å². The van der Waals surface area contributed by atoms with Crippen molar-refractivity contribution in [3.05, 3.63) is 54.2 Å². The highest BCUT2D eigenvalue weighted by Crippen LogP contribution is 2.39. The fourth-order valence-electron chi connectivity index (χ4n) is 4.85. The number of likely N-dealkylation sites (tertiary alicyclic amines) is 1. The number of rotatable bonds is 8. The van der Waals surface area contributed by atoms with Crippen LogP contribution >= 0.6 is 0 Å². The van der Waals surface area contributed by atoms with Gasteiger partial charge in [0.25, 0.3) is 0 Å². The molecular formula is C23H29N3O4. The summed E-state index contributed by atoms with van der Waals surface area (Å²) in [4.78, 5) is 17.7. The van der Waals surface area contributed by atoms with Crippen LogP contribution in [-0.4, -0.2) is 59.9 Å². The summed E-state index contributed by atoms with van der Waals surface area (Å²) in [5.74, 6) is 1.78. The number of aliphatic carboxylic acids is 1. The second-order valence-electron chi connectivity index (χ2n) is 8.22. The van der Waals surface area contributed by atoms with E-state index in [0.29, 0.717) is 17.6 Å². The molecule has 1 aromatic heterocycles. The van der Waals surface area contributed by atoms with Crippen LogP contribution in [0.5, 0.6) is 5.75 Å². The van der Waals surface area contributed by atoms with E-state index >= 15 is 0 Å². The average Bonchev–Trinajstić information content (AvgIpc) is 3.14. The van der Waals surface area contributed by atoms with Gasteiger partial charge in [0.05, 0.1) is 12.1 Å². The van der Waals surface area contributed by atoms with Gasteiger partial charge in [0.2, 0.25) is 0 Å². The van der Waals surface area contributed by atoms with E-state index in [1.807, 2.05) is 42.5 Å². The van der Waals surface area contributed by atoms with Crippen molar-refractivity contribution in [2.24, 2.45) is 11.8 Å². The topological polar surface area (TPSA) is 83.9 Å². The maximum absolute atomic E-state index is 10.9. The Labute approximate surface area is 177 Å². The van der Waals surface area contributed by atoms with Crippen molar-refractivity contribution in [2.75, 3.05) is 32.1 Å². The van der Waals surface area contributed by atoms with E-state index in [2.05, 4.69) is 15.2 Å². The number of methoxy groups -OCH3 is 1. The first-order chi connectivity index (χ1) is 14.6. The van der Waals surface area contributed by atoms with Gasteiger partial charge in [-0.05, 0) is 42.9 Å². The van der Waals surface area contributed by atoms with Crippen LogP contribution in [0.25, 0.3) is 0 Å². The molecule has 4 rings (SSSR count). The number of ether oxygens (including phenoxy) is 2. The Morgan fingerprint density at radius 2 is 1.93 bits per heavy atom. The maximum atomic E-state index is 10.9. The maximum Gasteiger partial charge on any atom is 0.341 e. The number of hydrogen-bond donors (Lipinski definition) is 2. The SMILES string of the molecule is CO[C@@H]1C[C@H]2CN(Cc3ccccc3OCC(=O)O)C[C@H]2C[C@H]1Nc1ccccn1. The van der Waals surface area contributed by atoms with Crippen molar-refractivity contribution in [1.29, 1.82) is 0 Å². The molecule has 7 heteroatoms. The minimum Gasteiger partial charge on any atom is -0.482 e. The van der Waals surface area contributed by atoms with Gasteiger partial charge in [-0.25, -0.2) is 9.78 Å². The molecule has 1 aliphatic heterocycles. The van der Waals surface area contributed by atoms with Crippen LogP contribution in [0.2, 0.25) is 0 Å². The number of carboxylic acids is 1. The van der Waals surface area contributed by atoms with Gasteiger partial charge in [0.15, 0.2) is 6.61 Å². The third-order valence-electron chi connectivity index (χ3n) is 6.21. The molecule has 0 unspecified atom stereocenters. The lowest BCUT2D eigenvalue weighted by molar-refractivity contribution is -0.139. The van der Waals surface area contributed by atoms with E-state index in [-0.39, 0.29) is 18.8 Å². The number of carbonyl (C=O) groups is 1. The van der Waals surface area contributed by atoms with Crippen molar-refractivity contribution in [3.8, 4) is 5.75 Å². The van der Waals surface area contributed by atoms with E-state index in [0.717, 1.165) is 43.9 Å². The van der Waals surface area contributed by atoms with Gasteiger partial charge in [-0.1, -0.05) is 24.3 Å². The molecule has 1 aliphatic carbocycles. The molecule has 2 N–H and O–H groups in total. The van der Waals surface area contributed by atoms with Crippen LogP contribution in [0.1, 0.15) is 18.4 Å². The minimum atomic E-state index is -0.964. The molecule has 0 radical (unpaired) electrons. The highest BCUT2D eigenvalue weighted by Gasteiger charge is 2.42. The molecule has 30 heavy (non-hydrogen) atoms. The Balaban J connectivity index is 1.39. The van der Waals surface area contributed by atoms with Gasteiger partial charge >= 0.3 is 5.97 Å². The number of benzene rings is 1. The smallest absolute Gasteiger partial charge is 0.341 e. The second kappa shape index (κ2) is 9.45. The Morgan fingerprint density at radius 1 is 1.17 bits per heavy atom. The Kier molecular flexibility index (Phi) is 6.50. The van der Waals surface area contributed by atoms with E-state index in [1.54, 1.807) is 13.3 Å². The number of fused-ring (bicyclic) bond motifs is 1. The van der Waals surface area contributed by atoms with Gasteiger partial charge in [-0.3, -0.25) is 4.90 Å². The minimum absolute atomic E-state index is 0.166. The molecule has 1 saturated carbocycles. The lowest BCUT2D eigenvalue weighted by Gasteiger charge is -2.37. The fourth-order valence-corrected chi connectivity index (χ4v) is 4.85. The van der Waals surface area contributed by atoms with Crippen molar-refractivity contribution in [3.63, 3.8) is 0 Å². The predicted molar refractivity (Wildman–Crippen MR) is 114 cm³/mol. The monoisotopic (exact) mass is 411 g/mol. The molecular weight excluding hydrogens is 382 g/mol. The van der Waals surface area contributed by atoms with Gasteiger partial charge in [-0.15, -0.1) is 0 Å². The lowest BCUT2D eigenvalue weighted by Crippen LogP contribution is -2.44. The number of hydrogen-bond acceptors (Lipinski definition) is 6. The highest BCUT2D eigenvalue weighted by atomic mass is 16.5. The molecule has 7 nitrogen and oxygen atoms in total. The molecule has 2 fully saturated rings. The normalized spacial score (nSPS) is 26.2. The van der Waals surface area contributed by atoms with Crippen molar-refractivity contribution in [1.82, 2.24) is 9.88 Å². The summed E-state index contributed by atoms with van der Waals surface area (Å²) < 4.78 is 11.3. The molecule has 1 aromatic carbocycles. The van der Waals surface area contributed by atoms with Crippen molar-refractivity contribution in [2.45, 2.75) is 31.5 Å². The van der Waals surface area contributed by atoms with Gasteiger partial charge in [0, 0.05) is 38.5 Å². The Morgan fingerprint density at radius 3 is 2.67 bits per heavy atom. The first-order valence-corrected chi connectivity index (χ1v) is 10.5. The third-order valence-corrected chi connectivity index (χ3v) is 6.21. The summed E-state index contributed by atoms with van der Waals surface area (Å²) in [7, 11) is 1.79. The highest BCUT2D eigenvalue weighted by molar-refractivity contribution is 5.68. The molecule has 1 saturated heterocycles. The van der Waals surface area contributed by atoms with E-state index < -0.39 is 5.97 Å². The Bertz CT molecular complexity index is 847. The number of anilines is 1. The standard InChI is InChI=1S/C23H29N3O4/c1-29-21-11-18-14-26(12-16-6-2-3-7-20(16)30-15-23(27)28)13-17(18)10-19(21)25-22-8-4-5-9-24-22/h2-9,17-19,21H,10-15H2,1H3,(H,24,25)(H,27,28)/t17-,18+,19-,21-/m1/s1. The quantitative estimate of drug-likeness (QED) is 0.691. The van der Waals surface area contributed by atoms with Gasteiger partial charge in [0.1, 0.15) is 11.6 Å². The molecule has 0 amide bonds. The molecule has 2 aromatic rings. The zero-order valence-corrected chi connectivity index (χ0v) is 17.2. The summed E-state index contributed by atoms with van der Waals surface area (Å²) in [6.45, 7) is 2.49. The number of aromatic nitrogens is 1. The molecule has 4 atom stereocenters. The summed E-state index contributed by atoms with van der Waals surface area (Å²) in [6, 6.07) is 13.9. The summed E-state index contributed by atoms with van der Waals surface area (Å²) in [5.41, 5.74) is 1.03. The largest absolute Gasteiger partial charge is 0.482 e. The second-order valence-corrected chi connectivity index (χ2v) is 8.22. The first-order valence-electron chi connectivity index (χ1n) is 10.5. The van der Waals surface area contributed by atoms with E-state index in [4.69, 9.17) is 14.6 Å². The zero-order chi connectivity index (χ0) is 20.9. The van der Waals surface area contributed by atoms with Gasteiger partial charge < -0.3 is 19.9 Å². The van der Waals surface area contributed by atoms with Crippen LogP contribution in [0.15, 0.2) is 48.7 Å². The molecule has 2 aliphatic rings. The van der Waals surface area contributed by atoms with Crippen LogP contribution in [0.4, 0.5) is 5.82 Å². The lowest BCUT2D eigenvalue weighted by atomic mass is 9.77. The van der Waals surface area contributed by atoms with Gasteiger partial charge in [-0.2, -0.15) is 0 Å². The molecule has 0 spiro atoms. The number of nitrogens with one attached hydrogen (secondary N) is 1. The number of pyridine rings is 1. The number of para-hydroxylation sites is 1. The number of nitrogens with zero attached hydrogens (tertiary/aromatic N) is 2. The summed E-state index contributed by atoms with van der Waals surface area (Å²) in [6.07, 6.45) is 4.04. The third kappa shape index (κ3) is 4.91. The zero-order valence-electron chi connectivity index (χ0n) is 17.2. The Hall–Kier alpha value is -2.64. The molecule has 0 bridgehead atoms. The first kappa shape index (κ1) is 20.6. The number of carboxylic acid groups (broad SMARTS) is 1. The van der Waals surface area contributed by atoms with Crippen LogP contribution in [-0.2, 0) is 16.1 Å².